The van der Waals surface area contributed by atoms with Crippen LogP contribution >= 0.6 is 0 Å². The fourth-order valence-electron chi connectivity index (χ4n) is 9.66. The van der Waals surface area contributed by atoms with Crippen LogP contribution in [0.3, 0.4) is 0 Å². The number of hydrogen-bond acceptors (Lipinski definition) is 3. The Bertz CT molecular complexity index is 1070. The molecular formula is C29H41F3O3S. The van der Waals surface area contributed by atoms with Crippen molar-refractivity contribution in [1.29, 1.82) is 0 Å². The summed E-state index contributed by atoms with van der Waals surface area (Å²) < 4.78 is 67.1. The molecule has 0 amide bonds. The van der Waals surface area contributed by atoms with Crippen LogP contribution < -0.4 is 0 Å². The number of aliphatic hydroxyl groups is 1. The summed E-state index contributed by atoms with van der Waals surface area (Å²) in [6, 6.07) is 8.72. The zero-order chi connectivity index (χ0) is 26.1. The van der Waals surface area contributed by atoms with Gasteiger partial charge in [0.15, 0.2) is 15.4 Å². The maximum Gasteiger partial charge on any atom is 0.417 e. The maximum atomic E-state index is 13.6. The first-order valence-electron chi connectivity index (χ1n) is 13.8. The van der Waals surface area contributed by atoms with Crippen LogP contribution in [0.2, 0.25) is 0 Å². The van der Waals surface area contributed by atoms with Crippen molar-refractivity contribution >= 4 is 9.84 Å². The number of benzene rings is 1. The van der Waals surface area contributed by atoms with Crippen LogP contribution in [0.1, 0.15) is 78.6 Å². The van der Waals surface area contributed by atoms with E-state index in [0.29, 0.717) is 35.0 Å². The van der Waals surface area contributed by atoms with Gasteiger partial charge in [0.1, 0.15) is 0 Å². The minimum atomic E-state index is -4.56. The van der Waals surface area contributed by atoms with Crippen LogP contribution in [0.4, 0.5) is 13.2 Å². The molecule has 4 aliphatic rings. The third kappa shape index (κ3) is 4.06. The van der Waals surface area contributed by atoms with Crippen molar-refractivity contribution in [3.8, 4) is 0 Å². The number of hydrogen-bond donors (Lipinski definition) is 1. The standard InChI is InChI=1S/C29H41F3O3S/c1-19(18-36(34,35)21-7-5-4-6-8-21)23-11-12-24-22-10-9-20-17-28(33,29(30,31)32)16-15-26(20,2)25(22)13-14-27(23,24)3/h4-8,19-20,22-25,33H,9-18H2,1-3H3/t19-,20+,22+,23-,24+,25+,26+,27-,28+/m1/s1. The second kappa shape index (κ2) is 8.72. The van der Waals surface area contributed by atoms with Gasteiger partial charge in [0.2, 0.25) is 0 Å². The highest BCUT2D eigenvalue weighted by Crippen LogP contribution is 2.69. The smallest absolute Gasteiger partial charge is 0.380 e. The summed E-state index contributed by atoms with van der Waals surface area (Å²) in [4.78, 5) is 0.391. The number of fused-ring (bicyclic) bond motifs is 5. The first-order valence-corrected chi connectivity index (χ1v) is 15.4. The summed E-state index contributed by atoms with van der Waals surface area (Å²) in [5.41, 5.74) is -2.61. The third-order valence-corrected chi connectivity index (χ3v) is 13.6. The van der Waals surface area contributed by atoms with Gasteiger partial charge in [-0.2, -0.15) is 13.2 Å². The molecule has 1 aromatic rings. The molecular weight excluding hydrogens is 485 g/mol. The summed E-state index contributed by atoms with van der Waals surface area (Å²) in [5, 5.41) is 10.4. The average Bonchev–Trinajstić information content (AvgIpc) is 3.16. The first-order chi connectivity index (χ1) is 16.7. The molecule has 202 valence electrons. The van der Waals surface area contributed by atoms with Crippen molar-refractivity contribution < 1.29 is 26.7 Å². The Morgan fingerprint density at radius 1 is 0.944 bits per heavy atom. The van der Waals surface area contributed by atoms with Gasteiger partial charge in [-0.3, -0.25) is 0 Å². The van der Waals surface area contributed by atoms with Crippen molar-refractivity contribution in [2.75, 3.05) is 5.75 Å². The first kappa shape index (κ1) is 26.5. The maximum absolute atomic E-state index is 13.6. The molecule has 0 unspecified atom stereocenters. The van der Waals surface area contributed by atoms with Gasteiger partial charge in [-0.25, -0.2) is 8.42 Å². The van der Waals surface area contributed by atoms with E-state index in [0.717, 1.165) is 38.5 Å². The van der Waals surface area contributed by atoms with Crippen LogP contribution in [0.5, 0.6) is 0 Å². The van der Waals surface area contributed by atoms with Gasteiger partial charge in [-0.15, -0.1) is 0 Å². The second-order valence-corrected chi connectivity index (χ2v) is 15.2. The predicted molar refractivity (Wildman–Crippen MR) is 134 cm³/mol. The fraction of sp³-hybridized carbons (Fsp3) is 0.793. The lowest BCUT2D eigenvalue weighted by atomic mass is 9.43. The molecule has 0 aromatic heterocycles. The minimum absolute atomic E-state index is 0.0603. The molecule has 9 atom stereocenters. The van der Waals surface area contributed by atoms with Gasteiger partial charge < -0.3 is 5.11 Å². The highest BCUT2D eigenvalue weighted by atomic mass is 32.2. The Labute approximate surface area is 214 Å². The molecule has 0 bridgehead atoms. The zero-order valence-corrected chi connectivity index (χ0v) is 22.5. The molecule has 0 radical (unpaired) electrons. The van der Waals surface area contributed by atoms with Crippen molar-refractivity contribution in [1.82, 2.24) is 0 Å². The van der Waals surface area contributed by atoms with E-state index in [1.165, 1.54) is 0 Å². The lowest BCUT2D eigenvalue weighted by Gasteiger charge is -2.62. The topological polar surface area (TPSA) is 54.4 Å². The summed E-state index contributed by atoms with van der Waals surface area (Å²) in [5.74, 6) is 1.87. The summed E-state index contributed by atoms with van der Waals surface area (Å²) in [7, 11) is -3.35. The van der Waals surface area contributed by atoms with Crippen molar-refractivity contribution in [2.24, 2.45) is 46.3 Å². The molecule has 1 N–H and O–H groups in total. The largest absolute Gasteiger partial charge is 0.417 e. The van der Waals surface area contributed by atoms with Gasteiger partial charge in [0, 0.05) is 0 Å². The normalized spacial score (nSPS) is 43.8. The fourth-order valence-corrected chi connectivity index (χ4v) is 11.4. The van der Waals surface area contributed by atoms with E-state index in [1.807, 2.05) is 6.07 Å². The van der Waals surface area contributed by atoms with Crippen LogP contribution in [0.15, 0.2) is 35.2 Å². The molecule has 7 heteroatoms. The monoisotopic (exact) mass is 526 g/mol. The van der Waals surface area contributed by atoms with E-state index in [1.54, 1.807) is 24.3 Å². The average molecular weight is 527 g/mol. The SMILES string of the molecule is C[C@H](CS(=O)(=O)c1ccccc1)[C@H]1CC[C@H]2[C@@H]3CC[C@H]4C[C@](O)(C(F)(F)F)CC[C@]4(C)[C@H]3CC[C@]12C. The van der Waals surface area contributed by atoms with E-state index >= 15 is 0 Å². The Hall–Kier alpha value is -1.08. The molecule has 0 heterocycles. The zero-order valence-electron chi connectivity index (χ0n) is 21.7. The van der Waals surface area contributed by atoms with Gasteiger partial charge in [0.25, 0.3) is 0 Å². The Kier molecular flexibility index (Phi) is 6.43. The molecule has 5 rings (SSSR count). The molecule has 36 heavy (non-hydrogen) atoms. The summed E-state index contributed by atoms with van der Waals surface area (Å²) in [6.45, 7) is 6.67. The highest BCUT2D eigenvalue weighted by molar-refractivity contribution is 7.91. The van der Waals surface area contributed by atoms with Crippen LogP contribution in [-0.2, 0) is 9.84 Å². The van der Waals surface area contributed by atoms with E-state index in [4.69, 9.17) is 0 Å². The molecule has 0 aliphatic heterocycles. The van der Waals surface area contributed by atoms with Crippen molar-refractivity contribution in [3.63, 3.8) is 0 Å². The number of rotatable bonds is 4. The van der Waals surface area contributed by atoms with Crippen molar-refractivity contribution in [3.05, 3.63) is 30.3 Å². The Morgan fingerprint density at radius 3 is 2.28 bits per heavy atom. The summed E-state index contributed by atoms with van der Waals surface area (Å²) in [6.07, 6.45) is 1.36. The van der Waals surface area contributed by atoms with Crippen LogP contribution in [0, 0.1) is 46.3 Å². The number of sulfone groups is 1. The van der Waals surface area contributed by atoms with E-state index in [9.17, 15) is 26.7 Å². The molecule has 3 nitrogen and oxygen atoms in total. The number of alkyl halides is 3. The van der Waals surface area contributed by atoms with E-state index < -0.39 is 21.6 Å². The Morgan fingerprint density at radius 2 is 1.61 bits per heavy atom. The molecule has 4 saturated carbocycles. The second-order valence-electron chi connectivity index (χ2n) is 13.2. The summed E-state index contributed by atoms with van der Waals surface area (Å²) >= 11 is 0. The van der Waals surface area contributed by atoms with E-state index in [2.05, 4.69) is 20.8 Å². The molecule has 4 fully saturated rings. The quantitative estimate of drug-likeness (QED) is 0.457. The van der Waals surface area contributed by atoms with E-state index in [-0.39, 0.29) is 41.3 Å². The lowest BCUT2D eigenvalue weighted by Crippen LogP contribution is -2.59. The minimum Gasteiger partial charge on any atom is -0.380 e. The predicted octanol–water partition coefficient (Wildman–Crippen LogP) is 7.05. The van der Waals surface area contributed by atoms with Crippen LogP contribution in [-0.4, -0.2) is 31.1 Å². The molecule has 0 saturated heterocycles. The van der Waals surface area contributed by atoms with Crippen LogP contribution in [0.25, 0.3) is 0 Å². The van der Waals surface area contributed by atoms with Gasteiger partial charge in [-0.1, -0.05) is 39.0 Å². The van der Waals surface area contributed by atoms with Gasteiger partial charge in [-0.05, 0) is 116 Å². The molecule has 4 aliphatic carbocycles. The van der Waals surface area contributed by atoms with Gasteiger partial charge >= 0.3 is 6.18 Å². The molecule has 1 aromatic carbocycles. The van der Waals surface area contributed by atoms with Gasteiger partial charge in [0.05, 0.1) is 10.6 Å². The Balaban J connectivity index is 1.33. The number of halogens is 3. The molecule has 0 spiro atoms. The third-order valence-electron chi connectivity index (χ3n) is 11.6. The lowest BCUT2D eigenvalue weighted by molar-refractivity contribution is -0.290. The highest BCUT2D eigenvalue weighted by Gasteiger charge is 2.65. The van der Waals surface area contributed by atoms with Crippen molar-refractivity contribution in [2.45, 2.75) is 95.2 Å².